The summed E-state index contributed by atoms with van der Waals surface area (Å²) >= 11 is 3.75. The SMILES string of the molecule is CC(CC(=O)NS)SSCCNC(=O)CCC(=O)N1Cc2ccccc2C#Cc2ccccc21. The molecule has 2 aromatic rings. The standard InChI is InChI=1S/C25H27N3O3S3/c1-18(16-24(30)27-32)34-33-15-14-26-23(29)12-13-25(31)28-17-21-8-3-2-6-19(21)10-11-20-7-4-5-9-22(20)28/h2-9,18,32H,12-17H2,1H3,(H,26,29)(H,27,30). The van der Waals surface area contributed by atoms with Gasteiger partial charge in [-0.2, -0.15) is 0 Å². The minimum Gasteiger partial charge on any atom is -0.355 e. The molecule has 1 heterocycles. The Labute approximate surface area is 214 Å². The number of carbonyl (C=O) groups is 3. The Bertz CT molecular complexity index is 1100. The third-order valence-electron chi connectivity index (χ3n) is 5.08. The van der Waals surface area contributed by atoms with Gasteiger partial charge in [0.05, 0.1) is 12.2 Å². The third-order valence-corrected chi connectivity index (χ3v) is 8.22. The number of hydrogen-bond donors (Lipinski definition) is 3. The van der Waals surface area contributed by atoms with Gasteiger partial charge in [0, 0.05) is 47.9 Å². The highest BCUT2D eigenvalue weighted by molar-refractivity contribution is 8.76. The molecule has 1 atom stereocenters. The predicted molar refractivity (Wildman–Crippen MR) is 144 cm³/mol. The maximum atomic E-state index is 13.2. The fourth-order valence-electron chi connectivity index (χ4n) is 3.39. The van der Waals surface area contributed by atoms with Gasteiger partial charge in [0.15, 0.2) is 0 Å². The lowest BCUT2D eigenvalue weighted by molar-refractivity contribution is -0.125. The molecule has 0 fully saturated rings. The number of carbonyl (C=O) groups excluding carboxylic acids is 3. The smallest absolute Gasteiger partial charge is 0.230 e. The van der Waals surface area contributed by atoms with Gasteiger partial charge in [-0.25, -0.2) is 0 Å². The minimum absolute atomic E-state index is 0.109. The average molecular weight is 514 g/mol. The zero-order chi connectivity index (χ0) is 24.3. The molecule has 0 spiro atoms. The van der Waals surface area contributed by atoms with Crippen LogP contribution in [0.25, 0.3) is 0 Å². The first-order valence-electron chi connectivity index (χ1n) is 10.9. The molecule has 2 N–H and O–H groups in total. The maximum absolute atomic E-state index is 13.2. The van der Waals surface area contributed by atoms with Crippen LogP contribution >= 0.6 is 34.4 Å². The van der Waals surface area contributed by atoms with E-state index in [1.54, 1.807) is 26.5 Å². The number of nitrogens with zero attached hydrogens (tertiary/aromatic N) is 1. The van der Waals surface area contributed by atoms with Crippen molar-refractivity contribution in [2.45, 2.75) is 38.0 Å². The van der Waals surface area contributed by atoms with Crippen LogP contribution in [0, 0.1) is 11.8 Å². The maximum Gasteiger partial charge on any atom is 0.230 e. The van der Waals surface area contributed by atoms with Crippen LogP contribution in [0.2, 0.25) is 0 Å². The number of amides is 3. The molecule has 178 valence electrons. The second-order valence-electron chi connectivity index (χ2n) is 7.72. The summed E-state index contributed by atoms with van der Waals surface area (Å²) in [6.07, 6.45) is 0.639. The first-order chi connectivity index (χ1) is 16.5. The molecule has 3 rings (SSSR count). The van der Waals surface area contributed by atoms with Crippen LogP contribution in [0.4, 0.5) is 5.69 Å². The number of anilines is 1. The lowest BCUT2D eigenvalue weighted by Gasteiger charge is -2.26. The van der Waals surface area contributed by atoms with Crippen molar-refractivity contribution in [2.24, 2.45) is 0 Å². The van der Waals surface area contributed by atoms with Crippen molar-refractivity contribution in [3.63, 3.8) is 0 Å². The summed E-state index contributed by atoms with van der Waals surface area (Å²) in [4.78, 5) is 38.5. The highest BCUT2D eigenvalue weighted by Crippen LogP contribution is 2.28. The zero-order valence-corrected chi connectivity index (χ0v) is 21.4. The number of rotatable bonds is 10. The van der Waals surface area contributed by atoms with Crippen LogP contribution < -0.4 is 14.9 Å². The average Bonchev–Trinajstić information content (AvgIpc) is 2.83. The molecule has 0 saturated carbocycles. The minimum atomic E-state index is -0.151. The van der Waals surface area contributed by atoms with E-state index in [1.807, 2.05) is 55.5 Å². The van der Waals surface area contributed by atoms with Gasteiger partial charge < -0.3 is 14.9 Å². The van der Waals surface area contributed by atoms with Gasteiger partial charge in [-0.1, -0.05) is 83.5 Å². The largest absolute Gasteiger partial charge is 0.355 e. The van der Waals surface area contributed by atoms with Crippen molar-refractivity contribution in [2.75, 3.05) is 17.2 Å². The van der Waals surface area contributed by atoms with E-state index in [9.17, 15) is 14.4 Å². The van der Waals surface area contributed by atoms with E-state index >= 15 is 0 Å². The van der Waals surface area contributed by atoms with Gasteiger partial charge in [0.1, 0.15) is 0 Å². The molecular formula is C25H27N3O3S3. The normalized spacial score (nSPS) is 12.7. The number of fused-ring (bicyclic) bond motifs is 2. The van der Waals surface area contributed by atoms with Crippen molar-refractivity contribution in [1.29, 1.82) is 0 Å². The summed E-state index contributed by atoms with van der Waals surface area (Å²) in [6, 6.07) is 15.4. The number of nitrogens with one attached hydrogen (secondary N) is 2. The molecule has 1 unspecified atom stereocenters. The molecule has 1 aliphatic heterocycles. The quantitative estimate of drug-likeness (QED) is 0.194. The molecule has 0 bridgehead atoms. The predicted octanol–water partition coefficient (Wildman–Crippen LogP) is 3.95. The highest BCUT2D eigenvalue weighted by Gasteiger charge is 2.21. The van der Waals surface area contributed by atoms with Gasteiger partial charge in [-0.3, -0.25) is 14.4 Å². The number of thiol groups is 1. The number of hydrogen-bond acceptors (Lipinski definition) is 6. The molecule has 9 heteroatoms. The molecule has 0 saturated heterocycles. The summed E-state index contributed by atoms with van der Waals surface area (Å²) in [7, 11) is 3.20. The zero-order valence-electron chi connectivity index (χ0n) is 18.9. The van der Waals surface area contributed by atoms with Gasteiger partial charge in [-0.05, 0) is 23.8 Å². The fraction of sp³-hybridized carbons (Fsp3) is 0.320. The second kappa shape index (κ2) is 13.4. The lowest BCUT2D eigenvalue weighted by atomic mass is 10.0. The van der Waals surface area contributed by atoms with E-state index in [-0.39, 0.29) is 35.8 Å². The molecule has 2 aromatic carbocycles. The molecule has 3 amide bonds. The molecular weight excluding hydrogens is 486 g/mol. The van der Waals surface area contributed by atoms with E-state index in [0.29, 0.717) is 25.3 Å². The van der Waals surface area contributed by atoms with Gasteiger partial charge >= 0.3 is 0 Å². The van der Waals surface area contributed by atoms with Crippen LogP contribution in [-0.4, -0.2) is 35.3 Å². The number of benzene rings is 2. The third kappa shape index (κ3) is 7.76. The molecule has 0 radical (unpaired) electrons. The van der Waals surface area contributed by atoms with Crippen molar-refractivity contribution < 1.29 is 14.4 Å². The van der Waals surface area contributed by atoms with E-state index in [0.717, 1.165) is 22.4 Å². The Morgan fingerprint density at radius 1 is 1.03 bits per heavy atom. The van der Waals surface area contributed by atoms with E-state index < -0.39 is 0 Å². The van der Waals surface area contributed by atoms with Crippen molar-refractivity contribution >= 4 is 57.8 Å². The molecule has 0 aliphatic carbocycles. The molecule has 0 aromatic heterocycles. The van der Waals surface area contributed by atoms with Crippen molar-refractivity contribution in [3.8, 4) is 11.8 Å². The van der Waals surface area contributed by atoms with Crippen LogP contribution in [0.3, 0.4) is 0 Å². The van der Waals surface area contributed by atoms with Crippen LogP contribution in [-0.2, 0) is 20.9 Å². The number of para-hydroxylation sites is 1. The summed E-state index contributed by atoms with van der Waals surface area (Å²) in [6.45, 7) is 2.89. The Morgan fingerprint density at radius 3 is 2.53 bits per heavy atom. The molecule has 1 aliphatic rings. The Kier molecular flexibility index (Phi) is 10.3. The molecule has 34 heavy (non-hydrogen) atoms. The Morgan fingerprint density at radius 2 is 1.74 bits per heavy atom. The van der Waals surface area contributed by atoms with Gasteiger partial charge in [-0.15, -0.1) is 0 Å². The van der Waals surface area contributed by atoms with Crippen molar-refractivity contribution in [3.05, 3.63) is 65.2 Å². The summed E-state index contributed by atoms with van der Waals surface area (Å²) in [5.41, 5.74) is 3.45. The van der Waals surface area contributed by atoms with Crippen LogP contribution in [0.5, 0.6) is 0 Å². The topological polar surface area (TPSA) is 78.5 Å². The Hall–Kier alpha value is -2.54. The summed E-state index contributed by atoms with van der Waals surface area (Å²) < 4.78 is 2.31. The summed E-state index contributed by atoms with van der Waals surface area (Å²) in [5.74, 6) is 6.73. The highest BCUT2D eigenvalue weighted by atomic mass is 33.1. The van der Waals surface area contributed by atoms with E-state index in [1.165, 1.54) is 0 Å². The van der Waals surface area contributed by atoms with Crippen molar-refractivity contribution in [1.82, 2.24) is 10.0 Å². The fourth-order valence-corrected chi connectivity index (χ4v) is 5.65. The van der Waals surface area contributed by atoms with Gasteiger partial charge in [0.25, 0.3) is 0 Å². The first kappa shape index (κ1) is 26.1. The van der Waals surface area contributed by atoms with E-state index in [4.69, 9.17) is 0 Å². The van der Waals surface area contributed by atoms with Gasteiger partial charge in [0.2, 0.25) is 17.7 Å². The second-order valence-corrected chi connectivity index (χ2v) is 10.9. The van der Waals surface area contributed by atoms with Crippen LogP contribution in [0.1, 0.15) is 42.9 Å². The molecule has 6 nitrogen and oxygen atoms in total. The van der Waals surface area contributed by atoms with Crippen LogP contribution in [0.15, 0.2) is 48.5 Å². The lowest BCUT2D eigenvalue weighted by Crippen LogP contribution is -2.33. The Balaban J connectivity index is 1.49. The first-order valence-corrected chi connectivity index (χ1v) is 13.8. The van der Waals surface area contributed by atoms with E-state index in [2.05, 4.69) is 34.7 Å². The monoisotopic (exact) mass is 513 g/mol. The summed E-state index contributed by atoms with van der Waals surface area (Å²) in [5, 5.41) is 3.02.